The monoisotopic (exact) mass is 423 g/mol. The highest BCUT2D eigenvalue weighted by Gasteiger charge is 2.34. The predicted octanol–water partition coefficient (Wildman–Crippen LogP) is 4.37. The molecule has 1 amide bonds. The summed E-state index contributed by atoms with van der Waals surface area (Å²) in [6.45, 7) is 0.190. The molecule has 2 aromatic heterocycles. The SMILES string of the molecule is O=C(Cn1nc(C(F)F)c(Cl)c1C1CC1)Nc1cnn(Cc2ccc(F)cc2)c1. The fourth-order valence-electron chi connectivity index (χ4n) is 3.11. The van der Waals surface area contributed by atoms with E-state index in [0.29, 0.717) is 17.9 Å². The van der Waals surface area contributed by atoms with E-state index in [2.05, 4.69) is 15.5 Å². The third-order valence-corrected chi connectivity index (χ3v) is 4.98. The van der Waals surface area contributed by atoms with Gasteiger partial charge in [0, 0.05) is 12.1 Å². The lowest BCUT2D eigenvalue weighted by Gasteiger charge is -2.07. The van der Waals surface area contributed by atoms with Crippen LogP contribution in [0.5, 0.6) is 0 Å². The number of nitrogens with one attached hydrogen (secondary N) is 1. The number of rotatable bonds is 7. The van der Waals surface area contributed by atoms with Crippen LogP contribution in [0.2, 0.25) is 5.02 Å². The van der Waals surface area contributed by atoms with E-state index in [1.165, 1.54) is 23.0 Å². The Kier molecular flexibility index (Phi) is 5.31. The summed E-state index contributed by atoms with van der Waals surface area (Å²) in [5.41, 5.74) is 1.31. The van der Waals surface area contributed by atoms with Crippen LogP contribution in [0.4, 0.5) is 18.9 Å². The van der Waals surface area contributed by atoms with Gasteiger partial charge in [0.15, 0.2) is 0 Å². The number of carbonyl (C=O) groups is 1. The summed E-state index contributed by atoms with van der Waals surface area (Å²) < 4.78 is 42.0. The largest absolute Gasteiger partial charge is 0.322 e. The number of benzene rings is 1. The summed E-state index contributed by atoms with van der Waals surface area (Å²) in [5.74, 6) is -0.677. The summed E-state index contributed by atoms with van der Waals surface area (Å²) in [5, 5.41) is 10.6. The van der Waals surface area contributed by atoms with Crippen molar-refractivity contribution in [2.75, 3.05) is 5.32 Å². The molecule has 0 aliphatic heterocycles. The number of aromatic nitrogens is 4. The Labute approximate surface area is 169 Å². The van der Waals surface area contributed by atoms with Crippen molar-refractivity contribution in [1.29, 1.82) is 0 Å². The van der Waals surface area contributed by atoms with Crippen LogP contribution >= 0.6 is 11.6 Å². The summed E-state index contributed by atoms with van der Waals surface area (Å²) in [7, 11) is 0. The second-order valence-electron chi connectivity index (χ2n) is 6.92. The molecule has 4 rings (SSSR count). The van der Waals surface area contributed by atoms with E-state index >= 15 is 0 Å². The lowest BCUT2D eigenvalue weighted by Crippen LogP contribution is -2.20. The molecule has 29 heavy (non-hydrogen) atoms. The molecular weight excluding hydrogens is 407 g/mol. The zero-order valence-electron chi connectivity index (χ0n) is 15.2. The van der Waals surface area contributed by atoms with Gasteiger partial charge >= 0.3 is 0 Å². The first-order chi connectivity index (χ1) is 13.9. The van der Waals surface area contributed by atoms with Gasteiger partial charge in [0.05, 0.1) is 29.1 Å². The second-order valence-corrected chi connectivity index (χ2v) is 7.30. The van der Waals surface area contributed by atoms with Gasteiger partial charge in [-0.15, -0.1) is 0 Å². The first kappa shape index (κ1) is 19.5. The topological polar surface area (TPSA) is 64.7 Å². The maximum absolute atomic E-state index is 13.1. The fourth-order valence-corrected chi connectivity index (χ4v) is 3.48. The fraction of sp³-hybridized carbons (Fsp3) is 0.316. The van der Waals surface area contributed by atoms with Crippen LogP contribution < -0.4 is 5.32 Å². The number of hydrogen-bond acceptors (Lipinski definition) is 3. The summed E-state index contributed by atoms with van der Waals surface area (Å²) in [6.07, 6.45) is 1.99. The Morgan fingerprint density at radius 3 is 2.66 bits per heavy atom. The predicted molar refractivity (Wildman–Crippen MR) is 101 cm³/mol. The molecule has 1 aliphatic carbocycles. The van der Waals surface area contributed by atoms with Crippen LogP contribution in [0.25, 0.3) is 0 Å². The number of halogens is 4. The van der Waals surface area contributed by atoms with Crippen LogP contribution in [-0.4, -0.2) is 25.5 Å². The standard InChI is InChI=1S/C19H17ClF3N5O/c20-16-17(19(22)23)26-28(18(16)12-3-4-12)10-15(29)25-14-7-24-27(9-14)8-11-1-5-13(21)6-2-11/h1-2,5-7,9,12,19H,3-4,8,10H2,(H,25,29). The molecule has 10 heteroatoms. The molecule has 0 spiro atoms. The summed E-state index contributed by atoms with van der Waals surface area (Å²) in [6, 6.07) is 6.02. The third kappa shape index (κ3) is 4.45. The van der Waals surface area contributed by atoms with Crippen molar-refractivity contribution in [3.05, 3.63) is 64.5 Å². The van der Waals surface area contributed by atoms with Gasteiger partial charge in [-0.05, 0) is 30.5 Å². The Balaban J connectivity index is 1.42. The van der Waals surface area contributed by atoms with Crippen LogP contribution in [0.15, 0.2) is 36.7 Å². The van der Waals surface area contributed by atoms with Gasteiger partial charge in [-0.25, -0.2) is 13.2 Å². The minimum atomic E-state index is -2.80. The minimum Gasteiger partial charge on any atom is -0.322 e. The Morgan fingerprint density at radius 2 is 2.00 bits per heavy atom. The number of nitrogens with zero attached hydrogens (tertiary/aromatic N) is 4. The number of hydrogen-bond donors (Lipinski definition) is 1. The average molecular weight is 424 g/mol. The lowest BCUT2D eigenvalue weighted by molar-refractivity contribution is -0.117. The second kappa shape index (κ2) is 7.90. The zero-order chi connectivity index (χ0) is 20.5. The molecule has 0 radical (unpaired) electrons. The van der Waals surface area contributed by atoms with Gasteiger partial charge in [0.25, 0.3) is 6.43 Å². The van der Waals surface area contributed by atoms with E-state index in [0.717, 1.165) is 18.4 Å². The van der Waals surface area contributed by atoms with Crippen LogP contribution in [0.1, 0.15) is 42.1 Å². The maximum Gasteiger partial charge on any atom is 0.283 e. The van der Waals surface area contributed by atoms with Crippen molar-refractivity contribution < 1.29 is 18.0 Å². The van der Waals surface area contributed by atoms with E-state index in [1.807, 2.05) is 0 Å². The van der Waals surface area contributed by atoms with E-state index < -0.39 is 18.0 Å². The average Bonchev–Trinajstić information content (AvgIpc) is 3.32. The van der Waals surface area contributed by atoms with Crippen molar-refractivity contribution in [3.8, 4) is 0 Å². The van der Waals surface area contributed by atoms with Gasteiger partial charge in [-0.3, -0.25) is 14.2 Å². The van der Waals surface area contributed by atoms with Crippen molar-refractivity contribution in [1.82, 2.24) is 19.6 Å². The Bertz CT molecular complexity index is 1030. The molecule has 2 heterocycles. The Hall–Kier alpha value is -2.81. The normalized spacial score (nSPS) is 13.8. The van der Waals surface area contributed by atoms with Gasteiger partial charge in [-0.2, -0.15) is 10.2 Å². The van der Waals surface area contributed by atoms with E-state index in [1.54, 1.807) is 23.0 Å². The Morgan fingerprint density at radius 1 is 1.28 bits per heavy atom. The van der Waals surface area contributed by atoms with E-state index in [4.69, 9.17) is 11.6 Å². The van der Waals surface area contributed by atoms with E-state index in [9.17, 15) is 18.0 Å². The first-order valence-electron chi connectivity index (χ1n) is 9.01. The lowest BCUT2D eigenvalue weighted by atomic mass is 10.2. The molecule has 6 nitrogen and oxygen atoms in total. The maximum atomic E-state index is 13.1. The molecule has 0 bridgehead atoms. The molecule has 0 atom stereocenters. The van der Waals surface area contributed by atoms with Crippen molar-refractivity contribution >= 4 is 23.2 Å². The highest BCUT2D eigenvalue weighted by atomic mass is 35.5. The molecule has 1 N–H and O–H groups in total. The number of alkyl halides is 2. The molecular formula is C19H17ClF3N5O. The molecule has 0 unspecified atom stereocenters. The van der Waals surface area contributed by atoms with Crippen LogP contribution in [0.3, 0.4) is 0 Å². The van der Waals surface area contributed by atoms with Crippen molar-refractivity contribution in [3.63, 3.8) is 0 Å². The highest BCUT2D eigenvalue weighted by molar-refractivity contribution is 6.32. The molecule has 1 aliphatic rings. The quantitative estimate of drug-likeness (QED) is 0.613. The molecule has 152 valence electrons. The number of anilines is 1. The summed E-state index contributed by atoms with van der Waals surface area (Å²) in [4.78, 5) is 12.4. The third-order valence-electron chi connectivity index (χ3n) is 4.60. The zero-order valence-corrected chi connectivity index (χ0v) is 15.9. The smallest absolute Gasteiger partial charge is 0.283 e. The van der Waals surface area contributed by atoms with Crippen LogP contribution in [0, 0.1) is 5.82 Å². The first-order valence-corrected chi connectivity index (χ1v) is 9.39. The van der Waals surface area contributed by atoms with E-state index in [-0.39, 0.29) is 23.3 Å². The molecule has 0 saturated heterocycles. The molecule has 1 aromatic carbocycles. The highest BCUT2D eigenvalue weighted by Crippen LogP contribution is 2.45. The van der Waals surface area contributed by atoms with Gasteiger partial charge in [-0.1, -0.05) is 23.7 Å². The molecule has 3 aromatic rings. The van der Waals surface area contributed by atoms with Crippen molar-refractivity contribution in [2.45, 2.75) is 38.3 Å². The van der Waals surface area contributed by atoms with Crippen molar-refractivity contribution in [2.24, 2.45) is 0 Å². The van der Waals surface area contributed by atoms with Gasteiger partial charge in [0.1, 0.15) is 18.1 Å². The number of carbonyl (C=O) groups excluding carboxylic acids is 1. The molecule has 1 fully saturated rings. The molecule has 1 saturated carbocycles. The van der Waals surface area contributed by atoms with Crippen LogP contribution in [-0.2, 0) is 17.9 Å². The van der Waals surface area contributed by atoms with Gasteiger partial charge in [0.2, 0.25) is 5.91 Å². The summed E-state index contributed by atoms with van der Waals surface area (Å²) >= 11 is 6.06. The minimum absolute atomic E-state index is 0.0533. The number of amides is 1. The van der Waals surface area contributed by atoms with Gasteiger partial charge < -0.3 is 5.32 Å².